The highest BCUT2D eigenvalue weighted by molar-refractivity contribution is 6.02. The summed E-state index contributed by atoms with van der Waals surface area (Å²) in [7, 11) is 0. The fraction of sp³-hybridized carbons (Fsp3) is 0.368. The molecule has 3 rings (SSSR count). The van der Waals surface area contributed by atoms with E-state index in [0.29, 0.717) is 12.2 Å². The van der Waals surface area contributed by atoms with Crippen molar-refractivity contribution >= 4 is 17.5 Å². The Morgan fingerprint density at radius 1 is 1.04 bits per heavy atom. The smallest absolute Gasteiger partial charge is 0.291 e. The first-order valence-electron chi connectivity index (χ1n) is 8.44. The lowest BCUT2D eigenvalue weighted by Crippen LogP contribution is -2.31. The van der Waals surface area contributed by atoms with Crippen molar-refractivity contribution in [2.24, 2.45) is 5.92 Å². The molecular weight excluding hydrogens is 304 g/mol. The lowest BCUT2D eigenvalue weighted by Gasteiger charge is -2.20. The number of nitrogens with one attached hydrogen (secondary N) is 2. The second-order valence-corrected chi connectivity index (χ2v) is 6.18. The maximum atomic E-state index is 12.1. The normalized spacial score (nSPS) is 15.0. The van der Waals surface area contributed by atoms with Gasteiger partial charge in [0.05, 0.1) is 6.26 Å². The third-order valence-corrected chi connectivity index (χ3v) is 4.40. The van der Waals surface area contributed by atoms with Gasteiger partial charge in [-0.3, -0.25) is 9.59 Å². The van der Waals surface area contributed by atoms with Crippen LogP contribution in [0.3, 0.4) is 0 Å². The third-order valence-electron chi connectivity index (χ3n) is 4.40. The van der Waals surface area contributed by atoms with Crippen molar-refractivity contribution in [3.05, 3.63) is 54.0 Å². The number of benzene rings is 1. The summed E-state index contributed by atoms with van der Waals surface area (Å²) in [6, 6.07) is 10.7. The van der Waals surface area contributed by atoms with Crippen molar-refractivity contribution in [1.82, 2.24) is 5.32 Å². The van der Waals surface area contributed by atoms with E-state index >= 15 is 0 Å². The highest BCUT2D eigenvalue weighted by Crippen LogP contribution is 2.23. The van der Waals surface area contributed by atoms with Gasteiger partial charge in [0.15, 0.2) is 5.76 Å². The maximum absolute atomic E-state index is 12.1. The van der Waals surface area contributed by atoms with Crippen LogP contribution < -0.4 is 10.6 Å². The molecule has 2 N–H and O–H groups in total. The molecule has 2 aromatic rings. The van der Waals surface area contributed by atoms with E-state index in [1.54, 1.807) is 12.1 Å². The Balaban J connectivity index is 1.49. The predicted octanol–water partition coefficient (Wildman–Crippen LogP) is 3.73. The van der Waals surface area contributed by atoms with Crippen molar-refractivity contribution in [2.75, 3.05) is 5.32 Å². The summed E-state index contributed by atoms with van der Waals surface area (Å²) in [5, 5.41) is 5.78. The van der Waals surface area contributed by atoms with Crippen molar-refractivity contribution in [3.63, 3.8) is 0 Å². The molecule has 1 fully saturated rings. The summed E-state index contributed by atoms with van der Waals surface area (Å²) in [6.07, 6.45) is 7.03. The van der Waals surface area contributed by atoms with Crippen LogP contribution in [0.4, 0.5) is 5.69 Å². The Kier molecular flexibility index (Phi) is 5.31. The zero-order valence-corrected chi connectivity index (χ0v) is 13.6. The van der Waals surface area contributed by atoms with Gasteiger partial charge < -0.3 is 15.1 Å². The Labute approximate surface area is 141 Å². The van der Waals surface area contributed by atoms with Crippen LogP contribution in [0.5, 0.6) is 0 Å². The molecule has 5 heteroatoms. The molecule has 0 unspecified atom stereocenters. The van der Waals surface area contributed by atoms with Crippen molar-refractivity contribution in [1.29, 1.82) is 0 Å². The Morgan fingerprint density at radius 2 is 1.79 bits per heavy atom. The van der Waals surface area contributed by atoms with Crippen LogP contribution in [-0.2, 0) is 11.3 Å². The van der Waals surface area contributed by atoms with Crippen molar-refractivity contribution in [3.8, 4) is 0 Å². The molecule has 0 atom stereocenters. The van der Waals surface area contributed by atoms with E-state index < -0.39 is 0 Å². The summed E-state index contributed by atoms with van der Waals surface area (Å²) in [4.78, 5) is 24.0. The van der Waals surface area contributed by atoms with E-state index in [2.05, 4.69) is 10.6 Å². The average Bonchev–Trinajstić information content (AvgIpc) is 3.16. The highest BCUT2D eigenvalue weighted by Gasteiger charge is 2.20. The van der Waals surface area contributed by atoms with Gasteiger partial charge in [-0.15, -0.1) is 0 Å². The van der Waals surface area contributed by atoms with E-state index in [4.69, 9.17) is 4.42 Å². The van der Waals surface area contributed by atoms with Gasteiger partial charge >= 0.3 is 0 Å². The van der Waals surface area contributed by atoms with Crippen LogP contribution >= 0.6 is 0 Å². The summed E-state index contributed by atoms with van der Waals surface area (Å²) >= 11 is 0. The number of anilines is 1. The van der Waals surface area contributed by atoms with Crippen LogP contribution in [0.15, 0.2) is 47.1 Å². The largest absolute Gasteiger partial charge is 0.459 e. The lowest BCUT2D eigenvalue weighted by molar-refractivity contribution is -0.126. The Bertz CT molecular complexity index is 671. The zero-order valence-electron chi connectivity index (χ0n) is 13.6. The summed E-state index contributed by atoms with van der Waals surface area (Å²) < 4.78 is 5.05. The number of carbonyl (C=O) groups excluding carboxylic acids is 2. The van der Waals surface area contributed by atoms with Gasteiger partial charge in [0.25, 0.3) is 5.91 Å². The molecule has 0 bridgehead atoms. The molecular formula is C19H22N2O3. The van der Waals surface area contributed by atoms with Gasteiger partial charge in [0.2, 0.25) is 5.91 Å². The highest BCUT2D eigenvalue weighted by atomic mass is 16.3. The van der Waals surface area contributed by atoms with E-state index in [-0.39, 0.29) is 23.5 Å². The number of furan rings is 1. The molecule has 1 aliphatic rings. The fourth-order valence-electron chi connectivity index (χ4n) is 3.00. The van der Waals surface area contributed by atoms with Crippen LogP contribution in [0.2, 0.25) is 0 Å². The van der Waals surface area contributed by atoms with Gasteiger partial charge in [-0.25, -0.2) is 0 Å². The molecule has 0 saturated heterocycles. The van der Waals surface area contributed by atoms with Gasteiger partial charge in [0, 0.05) is 18.2 Å². The van der Waals surface area contributed by atoms with E-state index in [1.807, 2.05) is 24.3 Å². The third kappa shape index (κ3) is 4.25. The number of hydrogen-bond donors (Lipinski definition) is 2. The molecule has 0 spiro atoms. The van der Waals surface area contributed by atoms with Gasteiger partial charge in [0.1, 0.15) is 0 Å². The quantitative estimate of drug-likeness (QED) is 0.879. The summed E-state index contributed by atoms with van der Waals surface area (Å²) in [5.41, 5.74) is 1.70. The SMILES string of the molecule is O=C(Nc1ccc(CNC(=O)C2CCCCC2)cc1)c1ccco1. The first-order chi connectivity index (χ1) is 11.7. The second-order valence-electron chi connectivity index (χ2n) is 6.18. The van der Waals surface area contributed by atoms with E-state index in [1.165, 1.54) is 12.7 Å². The minimum absolute atomic E-state index is 0.157. The minimum atomic E-state index is -0.279. The number of hydrogen-bond acceptors (Lipinski definition) is 3. The van der Waals surface area contributed by atoms with Crippen LogP contribution in [0.25, 0.3) is 0 Å². The number of carbonyl (C=O) groups is 2. The second kappa shape index (κ2) is 7.81. The monoisotopic (exact) mass is 326 g/mol. The standard InChI is InChI=1S/C19H22N2O3/c22-18(15-5-2-1-3-6-15)20-13-14-8-10-16(11-9-14)21-19(23)17-7-4-12-24-17/h4,7-12,15H,1-3,5-6,13H2,(H,20,22)(H,21,23). The van der Waals surface area contributed by atoms with Crippen molar-refractivity contribution in [2.45, 2.75) is 38.6 Å². The number of amides is 2. The lowest BCUT2D eigenvalue weighted by atomic mass is 9.88. The Morgan fingerprint density at radius 3 is 2.46 bits per heavy atom. The molecule has 0 radical (unpaired) electrons. The molecule has 126 valence electrons. The van der Waals surface area contributed by atoms with E-state index in [9.17, 15) is 9.59 Å². The van der Waals surface area contributed by atoms with Gasteiger partial charge in [-0.2, -0.15) is 0 Å². The summed E-state index contributed by atoms with van der Waals surface area (Å²) in [6.45, 7) is 0.516. The van der Waals surface area contributed by atoms with Gasteiger partial charge in [-0.1, -0.05) is 31.4 Å². The molecule has 24 heavy (non-hydrogen) atoms. The molecule has 1 saturated carbocycles. The molecule has 1 heterocycles. The minimum Gasteiger partial charge on any atom is -0.459 e. The molecule has 5 nitrogen and oxygen atoms in total. The molecule has 1 aromatic carbocycles. The van der Waals surface area contributed by atoms with Crippen LogP contribution in [0.1, 0.15) is 48.2 Å². The van der Waals surface area contributed by atoms with E-state index in [0.717, 1.165) is 31.2 Å². The Hall–Kier alpha value is -2.56. The fourth-order valence-corrected chi connectivity index (χ4v) is 3.00. The maximum Gasteiger partial charge on any atom is 0.291 e. The van der Waals surface area contributed by atoms with Gasteiger partial charge in [-0.05, 0) is 42.7 Å². The molecule has 2 amide bonds. The van der Waals surface area contributed by atoms with Crippen LogP contribution in [0, 0.1) is 5.92 Å². The number of rotatable bonds is 5. The zero-order chi connectivity index (χ0) is 16.8. The predicted molar refractivity (Wildman–Crippen MR) is 91.5 cm³/mol. The summed E-state index contributed by atoms with van der Waals surface area (Å²) in [5.74, 6) is 0.327. The van der Waals surface area contributed by atoms with Crippen molar-refractivity contribution < 1.29 is 14.0 Å². The first-order valence-corrected chi connectivity index (χ1v) is 8.44. The first kappa shape index (κ1) is 16.3. The average molecular weight is 326 g/mol. The molecule has 0 aliphatic heterocycles. The molecule has 1 aromatic heterocycles. The van der Waals surface area contributed by atoms with Crippen LogP contribution in [-0.4, -0.2) is 11.8 Å². The molecule has 1 aliphatic carbocycles. The topological polar surface area (TPSA) is 71.3 Å².